The zero-order valence-electron chi connectivity index (χ0n) is 11.4. The molecule has 9 heteroatoms. The lowest BCUT2D eigenvalue weighted by molar-refractivity contribution is -0.253. The van der Waals surface area contributed by atoms with Crippen LogP contribution in [0.25, 0.3) is 0 Å². The maximum atomic E-state index is 12.8. The lowest BCUT2D eigenvalue weighted by atomic mass is 10.0. The molecule has 1 aromatic rings. The highest BCUT2D eigenvalue weighted by Crippen LogP contribution is 2.29. The monoisotopic (exact) mass is 326 g/mol. The van der Waals surface area contributed by atoms with Crippen LogP contribution in [0.1, 0.15) is 18.6 Å². The predicted octanol–water partition coefficient (Wildman–Crippen LogP) is 1.88. The summed E-state index contributed by atoms with van der Waals surface area (Å²) < 4.78 is 58.0. The van der Waals surface area contributed by atoms with Gasteiger partial charge in [0.1, 0.15) is 11.9 Å². The van der Waals surface area contributed by atoms with Crippen LogP contribution in [0, 0.1) is 0 Å². The van der Waals surface area contributed by atoms with Crippen molar-refractivity contribution in [2.45, 2.75) is 31.7 Å². The lowest BCUT2D eigenvalue weighted by Crippen LogP contribution is -2.33. The van der Waals surface area contributed by atoms with Crippen LogP contribution in [0.4, 0.5) is 17.6 Å². The summed E-state index contributed by atoms with van der Waals surface area (Å²) in [5, 5.41) is 19.3. The molecule has 0 aliphatic heterocycles. The second-order valence-corrected chi connectivity index (χ2v) is 4.18. The molecule has 5 nitrogen and oxygen atoms in total. The number of carbonyl (C=O) groups is 1. The Kier molecular flexibility index (Phi) is 6.12. The predicted molar refractivity (Wildman–Crippen MR) is 65.6 cm³/mol. The molecule has 0 heterocycles. The van der Waals surface area contributed by atoms with Crippen molar-refractivity contribution >= 4 is 5.97 Å². The zero-order valence-corrected chi connectivity index (χ0v) is 11.4. The fourth-order valence-electron chi connectivity index (χ4n) is 1.50. The second-order valence-electron chi connectivity index (χ2n) is 4.18. The summed E-state index contributed by atoms with van der Waals surface area (Å²) in [6.07, 6.45) is -12.5. The average molecular weight is 326 g/mol. The van der Waals surface area contributed by atoms with Crippen LogP contribution < -0.4 is 4.74 Å². The van der Waals surface area contributed by atoms with Gasteiger partial charge in [0.05, 0.1) is 6.61 Å². The maximum Gasteiger partial charge on any atom is 0.461 e. The zero-order chi connectivity index (χ0) is 16.9. The smallest absolute Gasteiger partial charge is 0.461 e. The number of alkyl halides is 4. The summed E-state index contributed by atoms with van der Waals surface area (Å²) in [5.41, 5.74) is -0.178. The molecule has 0 saturated heterocycles. The number of benzene rings is 1. The second kappa shape index (κ2) is 7.41. The molecular formula is C13H14F4O5. The van der Waals surface area contributed by atoms with Gasteiger partial charge in [-0.3, -0.25) is 0 Å². The maximum absolute atomic E-state index is 12.8. The van der Waals surface area contributed by atoms with Crippen molar-refractivity contribution in [3.05, 3.63) is 29.8 Å². The molecule has 1 rings (SSSR count). The minimum absolute atomic E-state index is 0.0353. The van der Waals surface area contributed by atoms with Gasteiger partial charge in [0.15, 0.2) is 6.10 Å². The van der Waals surface area contributed by atoms with Crippen LogP contribution in [0.15, 0.2) is 24.3 Å². The Morgan fingerprint density at radius 1 is 1.32 bits per heavy atom. The molecule has 0 spiro atoms. The lowest BCUT2D eigenvalue weighted by Gasteiger charge is -2.19. The van der Waals surface area contributed by atoms with Crippen LogP contribution >= 0.6 is 0 Å². The first-order chi connectivity index (χ1) is 10.2. The van der Waals surface area contributed by atoms with Gasteiger partial charge in [0, 0.05) is 0 Å². The molecular weight excluding hydrogens is 312 g/mol. The fourth-order valence-corrected chi connectivity index (χ4v) is 1.50. The van der Waals surface area contributed by atoms with Gasteiger partial charge in [-0.25, -0.2) is 4.79 Å². The first kappa shape index (κ1) is 18.2. The summed E-state index contributed by atoms with van der Waals surface area (Å²) in [7, 11) is 0. The van der Waals surface area contributed by atoms with E-state index in [1.165, 1.54) is 13.0 Å². The van der Waals surface area contributed by atoms with Crippen molar-refractivity contribution < 1.29 is 42.0 Å². The molecule has 0 aliphatic carbocycles. The highest BCUT2D eigenvalue weighted by molar-refractivity contribution is 5.75. The highest BCUT2D eigenvalue weighted by atomic mass is 19.3. The van der Waals surface area contributed by atoms with E-state index in [0.29, 0.717) is 0 Å². The first-order valence-corrected chi connectivity index (χ1v) is 6.16. The van der Waals surface area contributed by atoms with Gasteiger partial charge in [-0.2, -0.15) is 17.6 Å². The summed E-state index contributed by atoms with van der Waals surface area (Å²) in [6.45, 7) is 1.45. The van der Waals surface area contributed by atoms with Crippen molar-refractivity contribution in [2.75, 3.05) is 6.61 Å². The number of esters is 1. The van der Waals surface area contributed by atoms with E-state index < -0.39 is 36.5 Å². The van der Waals surface area contributed by atoms with Crippen molar-refractivity contribution in [2.24, 2.45) is 0 Å². The number of hydrogen-bond donors (Lipinski definition) is 2. The van der Waals surface area contributed by atoms with Crippen LogP contribution in [0.3, 0.4) is 0 Å². The SMILES string of the molecule is CCOC(=O)C(O)C(O)c1cccc(OC(F)(F)C(F)F)c1. The molecule has 2 unspecified atom stereocenters. The minimum atomic E-state index is -4.71. The normalized spacial score (nSPS) is 14.5. The molecule has 124 valence electrons. The molecule has 0 fully saturated rings. The summed E-state index contributed by atoms with van der Waals surface area (Å²) in [5.74, 6) is -1.77. The third kappa shape index (κ3) is 4.57. The van der Waals surface area contributed by atoms with Gasteiger partial charge in [-0.05, 0) is 24.6 Å². The van der Waals surface area contributed by atoms with Gasteiger partial charge in [0.2, 0.25) is 0 Å². The molecule has 1 aromatic carbocycles. The average Bonchev–Trinajstić information content (AvgIpc) is 2.45. The molecule has 22 heavy (non-hydrogen) atoms. The molecule has 0 amide bonds. The van der Waals surface area contributed by atoms with Crippen LogP contribution in [-0.4, -0.2) is 41.4 Å². The summed E-state index contributed by atoms with van der Waals surface area (Å²) in [4.78, 5) is 11.3. The summed E-state index contributed by atoms with van der Waals surface area (Å²) in [6, 6.07) is 4.10. The topological polar surface area (TPSA) is 76.0 Å². The van der Waals surface area contributed by atoms with Gasteiger partial charge in [-0.15, -0.1) is 0 Å². The van der Waals surface area contributed by atoms with Crippen LogP contribution in [0.5, 0.6) is 5.75 Å². The van der Waals surface area contributed by atoms with Crippen molar-refractivity contribution in [3.8, 4) is 5.75 Å². The van der Waals surface area contributed by atoms with Crippen molar-refractivity contribution in [3.63, 3.8) is 0 Å². The number of carbonyl (C=O) groups excluding carboxylic acids is 1. The molecule has 0 aliphatic rings. The Bertz CT molecular complexity index is 509. The van der Waals surface area contributed by atoms with E-state index in [-0.39, 0.29) is 12.2 Å². The Morgan fingerprint density at radius 2 is 1.95 bits per heavy atom. The number of halogens is 4. The van der Waals surface area contributed by atoms with E-state index in [9.17, 15) is 32.6 Å². The van der Waals surface area contributed by atoms with Gasteiger partial charge in [-0.1, -0.05) is 12.1 Å². The van der Waals surface area contributed by atoms with Crippen molar-refractivity contribution in [1.29, 1.82) is 0 Å². The van der Waals surface area contributed by atoms with Gasteiger partial charge < -0.3 is 19.7 Å². The van der Waals surface area contributed by atoms with Gasteiger partial charge in [0.25, 0.3) is 0 Å². The number of ether oxygens (including phenoxy) is 2. The highest BCUT2D eigenvalue weighted by Gasteiger charge is 2.44. The van der Waals surface area contributed by atoms with E-state index >= 15 is 0 Å². The summed E-state index contributed by atoms with van der Waals surface area (Å²) >= 11 is 0. The van der Waals surface area contributed by atoms with Crippen molar-refractivity contribution in [1.82, 2.24) is 0 Å². The molecule has 0 radical (unpaired) electrons. The minimum Gasteiger partial charge on any atom is -0.464 e. The molecule has 0 saturated carbocycles. The van der Waals surface area contributed by atoms with Crippen LogP contribution in [-0.2, 0) is 9.53 Å². The fraction of sp³-hybridized carbons (Fsp3) is 0.462. The molecule has 0 aromatic heterocycles. The Morgan fingerprint density at radius 3 is 2.50 bits per heavy atom. The number of aliphatic hydroxyl groups is 2. The molecule has 0 bridgehead atoms. The quantitative estimate of drug-likeness (QED) is 0.591. The Balaban J connectivity index is 2.90. The molecule has 2 N–H and O–H groups in total. The van der Waals surface area contributed by atoms with E-state index in [1.54, 1.807) is 0 Å². The van der Waals surface area contributed by atoms with E-state index in [4.69, 9.17) is 0 Å². The third-order valence-electron chi connectivity index (χ3n) is 2.53. The number of rotatable bonds is 7. The Hall–Kier alpha value is -1.87. The van der Waals surface area contributed by atoms with Gasteiger partial charge >= 0.3 is 18.5 Å². The largest absolute Gasteiger partial charge is 0.464 e. The first-order valence-electron chi connectivity index (χ1n) is 6.16. The molecule has 2 atom stereocenters. The Labute approximate surface area is 123 Å². The van der Waals surface area contributed by atoms with E-state index in [2.05, 4.69) is 9.47 Å². The third-order valence-corrected chi connectivity index (χ3v) is 2.53. The number of hydrogen-bond acceptors (Lipinski definition) is 5. The van der Waals surface area contributed by atoms with E-state index in [1.807, 2.05) is 0 Å². The standard InChI is InChI=1S/C13H14F4O5/c1-2-21-11(20)10(19)9(18)7-4-3-5-8(6-7)22-13(16,17)12(14)15/h3-6,9-10,12,18-19H,2H2,1H3. The number of aliphatic hydroxyl groups excluding tert-OH is 2. The van der Waals surface area contributed by atoms with E-state index in [0.717, 1.165) is 18.2 Å². The van der Waals surface area contributed by atoms with Crippen LogP contribution in [0.2, 0.25) is 0 Å².